The number of carbonyl (C=O) groups is 2. The lowest BCUT2D eigenvalue weighted by molar-refractivity contribution is -0.121. The van der Waals surface area contributed by atoms with Crippen LogP contribution in [0.1, 0.15) is 27.4 Å². The van der Waals surface area contributed by atoms with Gasteiger partial charge in [0.2, 0.25) is 5.91 Å². The van der Waals surface area contributed by atoms with E-state index in [0.29, 0.717) is 11.3 Å². The van der Waals surface area contributed by atoms with Crippen molar-refractivity contribution in [1.82, 2.24) is 20.8 Å². The van der Waals surface area contributed by atoms with Crippen LogP contribution in [0.2, 0.25) is 0 Å². The minimum Gasteiger partial charge on any atom is -0.497 e. The number of aromatic nitrogens is 2. The van der Waals surface area contributed by atoms with E-state index in [0.717, 1.165) is 11.1 Å². The fourth-order valence-corrected chi connectivity index (χ4v) is 3.50. The Hall–Kier alpha value is -5.12. The molecule has 10 heteroatoms. The molecule has 0 atom stereocenters. The van der Waals surface area contributed by atoms with Crippen molar-refractivity contribution < 1.29 is 14.3 Å². The summed E-state index contributed by atoms with van der Waals surface area (Å²) in [7, 11) is 1.55. The predicted octanol–water partition coefficient (Wildman–Crippen LogP) is 3.10. The van der Waals surface area contributed by atoms with Crippen molar-refractivity contribution in [1.29, 1.82) is 0 Å². The van der Waals surface area contributed by atoms with Gasteiger partial charge in [-0.3, -0.25) is 31.3 Å². The van der Waals surface area contributed by atoms with Crippen molar-refractivity contribution in [2.75, 3.05) is 23.7 Å². The highest BCUT2D eigenvalue weighted by Gasteiger charge is 2.23. The zero-order valence-electron chi connectivity index (χ0n) is 19.4. The first-order valence-corrected chi connectivity index (χ1v) is 11.0. The second-order valence-corrected chi connectivity index (χ2v) is 7.66. The van der Waals surface area contributed by atoms with Crippen molar-refractivity contribution in [3.63, 3.8) is 0 Å². The number of hydrogen-bond donors (Lipinski definition) is 5. The molecule has 4 rings (SSSR count). The third-order valence-electron chi connectivity index (χ3n) is 5.36. The van der Waals surface area contributed by atoms with Gasteiger partial charge in [0.05, 0.1) is 13.0 Å². The van der Waals surface area contributed by atoms with Crippen LogP contribution in [0.3, 0.4) is 0 Å². The number of anilines is 3. The number of methoxy groups -OCH3 is 1. The number of nitrogens with two attached hydrogens (primary N) is 1. The van der Waals surface area contributed by atoms with Gasteiger partial charge in [0.1, 0.15) is 17.8 Å². The molecule has 182 valence electrons. The zero-order valence-corrected chi connectivity index (χ0v) is 19.4. The smallest absolute Gasteiger partial charge is 0.269 e. The molecule has 0 bridgehead atoms. The molecular weight excluding hydrogens is 458 g/mol. The molecule has 6 N–H and O–H groups in total. The number of nitrogens with zero attached hydrogens (tertiary/aromatic N) is 2. The third kappa shape index (κ3) is 5.68. The maximum atomic E-state index is 13.2. The Kier molecular flexibility index (Phi) is 7.57. The third-order valence-corrected chi connectivity index (χ3v) is 5.36. The van der Waals surface area contributed by atoms with Crippen molar-refractivity contribution in [3.05, 3.63) is 108 Å². The molecule has 2 amide bonds. The van der Waals surface area contributed by atoms with Gasteiger partial charge in [-0.15, -0.1) is 0 Å². The largest absolute Gasteiger partial charge is 0.497 e. The second kappa shape index (κ2) is 11.3. The van der Waals surface area contributed by atoms with Gasteiger partial charge in [-0.2, -0.15) is 0 Å². The lowest BCUT2D eigenvalue weighted by atomic mass is 9.91. The minimum absolute atomic E-state index is 0.101. The summed E-state index contributed by atoms with van der Waals surface area (Å²) in [4.78, 5) is 33.7. The number of rotatable bonds is 9. The van der Waals surface area contributed by atoms with Crippen molar-refractivity contribution in [2.24, 2.45) is 0 Å². The fraction of sp³-hybridized carbons (Fsp3) is 0.0769. The molecule has 0 unspecified atom stereocenters. The molecule has 10 nitrogen and oxygen atoms in total. The zero-order chi connectivity index (χ0) is 25.3. The molecule has 0 aliphatic rings. The first-order valence-electron chi connectivity index (χ1n) is 11.0. The lowest BCUT2D eigenvalue weighted by Gasteiger charge is -2.19. The number of amides is 2. The van der Waals surface area contributed by atoms with Crippen LogP contribution in [-0.2, 0) is 4.79 Å². The summed E-state index contributed by atoms with van der Waals surface area (Å²) in [6, 6.07) is 25.5. The molecular formula is C26H25N7O3. The number of ether oxygens (including phenoxy) is 1. The molecule has 0 fully saturated rings. The maximum absolute atomic E-state index is 13.2. The Bertz CT molecular complexity index is 1280. The molecule has 0 spiro atoms. The Morgan fingerprint density at radius 2 is 1.31 bits per heavy atom. The van der Waals surface area contributed by atoms with Crippen LogP contribution in [-0.4, -0.2) is 28.9 Å². The lowest BCUT2D eigenvalue weighted by Crippen LogP contribution is -2.35. The SMILES string of the molecule is COc1ccc(C(=O)NNc2ncnc(NNC(=O)C(c3ccccc3)c3ccccc3)c2N)cc1. The van der Waals surface area contributed by atoms with E-state index in [-0.39, 0.29) is 23.2 Å². The Labute approximate surface area is 207 Å². The molecule has 0 saturated heterocycles. The normalized spacial score (nSPS) is 10.4. The highest BCUT2D eigenvalue weighted by atomic mass is 16.5. The number of nitrogens with one attached hydrogen (secondary N) is 4. The van der Waals surface area contributed by atoms with Crippen LogP contribution in [0, 0.1) is 0 Å². The van der Waals surface area contributed by atoms with Crippen LogP contribution in [0.4, 0.5) is 17.3 Å². The molecule has 0 aliphatic carbocycles. The molecule has 36 heavy (non-hydrogen) atoms. The van der Waals surface area contributed by atoms with Crippen LogP contribution in [0.15, 0.2) is 91.3 Å². The van der Waals surface area contributed by atoms with E-state index in [2.05, 4.69) is 31.7 Å². The number of benzene rings is 3. The summed E-state index contributed by atoms with van der Waals surface area (Å²) < 4.78 is 5.09. The van der Waals surface area contributed by atoms with Crippen molar-refractivity contribution in [3.8, 4) is 5.75 Å². The fourth-order valence-electron chi connectivity index (χ4n) is 3.50. The van der Waals surface area contributed by atoms with E-state index < -0.39 is 11.8 Å². The van der Waals surface area contributed by atoms with E-state index in [9.17, 15) is 9.59 Å². The molecule has 0 radical (unpaired) electrons. The Balaban J connectivity index is 1.43. The number of nitrogen functional groups attached to an aromatic ring is 1. The first kappa shape index (κ1) is 24.0. The van der Waals surface area contributed by atoms with Crippen LogP contribution < -0.4 is 32.2 Å². The number of carbonyl (C=O) groups excluding carboxylic acids is 2. The summed E-state index contributed by atoms with van der Waals surface area (Å²) in [5.74, 6) is -0.283. The van der Waals surface area contributed by atoms with Gasteiger partial charge in [0.15, 0.2) is 11.6 Å². The quantitative estimate of drug-likeness (QED) is 0.229. The van der Waals surface area contributed by atoms with Gasteiger partial charge in [-0.25, -0.2) is 9.97 Å². The van der Waals surface area contributed by atoms with Crippen molar-refractivity contribution in [2.45, 2.75) is 5.92 Å². The predicted molar refractivity (Wildman–Crippen MR) is 137 cm³/mol. The first-order chi connectivity index (χ1) is 17.6. The van der Waals surface area contributed by atoms with E-state index >= 15 is 0 Å². The molecule has 0 aliphatic heterocycles. The average Bonchev–Trinajstić information content (AvgIpc) is 2.93. The second-order valence-electron chi connectivity index (χ2n) is 7.66. The van der Waals surface area contributed by atoms with Gasteiger partial charge in [0, 0.05) is 5.56 Å². The average molecular weight is 484 g/mol. The van der Waals surface area contributed by atoms with Gasteiger partial charge < -0.3 is 10.5 Å². The van der Waals surface area contributed by atoms with Gasteiger partial charge in [-0.05, 0) is 35.4 Å². The number of hydrogen-bond acceptors (Lipinski definition) is 8. The molecule has 0 saturated carbocycles. The van der Waals surface area contributed by atoms with E-state index in [1.54, 1.807) is 31.4 Å². The summed E-state index contributed by atoms with van der Waals surface area (Å²) in [6.07, 6.45) is 1.25. The van der Waals surface area contributed by atoms with Crippen LogP contribution in [0.25, 0.3) is 0 Å². The molecule has 1 aromatic heterocycles. The monoisotopic (exact) mass is 483 g/mol. The Morgan fingerprint density at radius 3 is 1.83 bits per heavy atom. The van der Waals surface area contributed by atoms with Crippen LogP contribution >= 0.6 is 0 Å². The highest BCUT2D eigenvalue weighted by molar-refractivity contribution is 5.95. The van der Waals surface area contributed by atoms with E-state index in [1.165, 1.54) is 6.33 Å². The van der Waals surface area contributed by atoms with Gasteiger partial charge >= 0.3 is 0 Å². The van der Waals surface area contributed by atoms with Crippen molar-refractivity contribution >= 4 is 29.1 Å². The number of hydrazine groups is 2. The molecule has 1 heterocycles. The minimum atomic E-state index is -0.552. The van der Waals surface area contributed by atoms with Crippen LogP contribution in [0.5, 0.6) is 5.75 Å². The maximum Gasteiger partial charge on any atom is 0.269 e. The summed E-state index contributed by atoms with van der Waals surface area (Å²) in [5.41, 5.74) is 19.0. The van der Waals surface area contributed by atoms with E-state index in [1.807, 2.05) is 60.7 Å². The molecule has 4 aromatic rings. The Morgan fingerprint density at radius 1 is 0.778 bits per heavy atom. The summed E-state index contributed by atoms with van der Waals surface area (Å²) >= 11 is 0. The molecule has 3 aromatic carbocycles. The van der Waals surface area contributed by atoms with E-state index in [4.69, 9.17) is 10.5 Å². The summed E-state index contributed by atoms with van der Waals surface area (Å²) in [5, 5.41) is 0. The van der Waals surface area contributed by atoms with Gasteiger partial charge in [0.25, 0.3) is 5.91 Å². The highest BCUT2D eigenvalue weighted by Crippen LogP contribution is 2.25. The topological polar surface area (TPSA) is 143 Å². The summed E-state index contributed by atoms with van der Waals surface area (Å²) in [6.45, 7) is 0. The standard InChI is InChI=1S/C26H25N7O3/c1-36-20-14-12-19(13-15-20)25(34)32-30-23-22(27)24(29-16-28-23)31-33-26(35)21(17-8-4-2-5-9-17)18-10-6-3-7-11-18/h2-16,21H,27H2,1H3,(H,32,34)(H,33,35)(H2,28,29,30,31). The van der Waals surface area contributed by atoms with Gasteiger partial charge in [-0.1, -0.05) is 60.7 Å².